The molecule has 194 valence electrons. The Labute approximate surface area is 208 Å². The highest BCUT2D eigenvalue weighted by atomic mass is 16.7. The molecular weight excluding hydrogens is 451 g/mol. The molecule has 1 aromatic carbocycles. The molecule has 0 bridgehead atoms. The van der Waals surface area contributed by atoms with Gasteiger partial charge in [0.1, 0.15) is 11.4 Å². The second-order valence-electron chi connectivity index (χ2n) is 11.8. The number of amides is 1. The summed E-state index contributed by atoms with van der Waals surface area (Å²) >= 11 is 0. The Balaban J connectivity index is 1.95. The summed E-state index contributed by atoms with van der Waals surface area (Å²) in [6.07, 6.45) is 0.784. The Bertz CT molecular complexity index is 961. The number of rotatable bonds is 4. The number of nitrogens with zero attached hydrogens (tertiary/aromatic N) is 2. The molecule has 2 heterocycles. The van der Waals surface area contributed by atoms with E-state index in [1.165, 1.54) is 13.2 Å². The first-order valence-corrected chi connectivity index (χ1v) is 12.2. The van der Waals surface area contributed by atoms with Crippen molar-refractivity contribution < 1.29 is 28.5 Å². The topological polar surface area (TPSA) is 100 Å². The van der Waals surface area contributed by atoms with E-state index in [0.717, 1.165) is 0 Å². The minimum absolute atomic E-state index is 0.00521. The van der Waals surface area contributed by atoms with E-state index in [1.807, 2.05) is 62.3 Å². The predicted molar refractivity (Wildman–Crippen MR) is 134 cm³/mol. The molecule has 3 atom stereocenters. The van der Waals surface area contributed by atoms with E-state index in [2.05, 4.69) is 0 Å². The van der Waals surface area contributed by atoms with Crippen molar-refractivity contribution in [3.8, 4) is 5.75 Å². The third-order valence-corrected chi connectivity index (χ3v) is 7.33. The molecule has 35 heavy (non-hydrogen) atoms. The van der Waals surface area contributed by atoms with Crippen LogP contribution in [0.25, 0.3) is 0 Å². The van der Waals surface area contributed by atoms with Gasteiger partial charge in [0.25, 0.3) is 5.69 Å². The zero-order valence-corrected chi connectivity index (χ0v) is 22.6. The highest BCUT2D eigenvalue weighted by Gasteiger charge is 2.53. The number of methoxy groups -OCH3 is 1. The molecule has 2 saturated heterocycles. The Hall–Kier alpha value is -2.33. The Kier molecular flexibility index (Phi) is 7.23. The van der Waals surface area contributed by atoms with Crippen molar-refractivity contribution in [3.05, 3.63) is 27.8 Å². The zero-order valence-electron chi connectivity index (χ0n) is 22.6. The van der Waals surface area contributed by atoms with Crippen molar-refractivity contribution in [2.75, 3.05) is 7.11 Å². The molecule has 1 unspecified atom stereocenters. The number of carbonyl (C=O) groups is 1. The van der Waals surface area contributed by atoms with Crippen LogP contribution in [0, 0.1) is 10.1 Å². The molecule has 0 radical (unpaired) electrons. The second-order valence-corrected chi connectivity index (χ2v) is 11.8. The van der Waals surface area contributed by atoms with Crippen LogP contribution in [0.15, 0.2) is 12.1 Å². The average molecular weight is 490 g/mol. The fourth-order valence-corrected chi connectivity index (χ4v) is 4.93. The Morgan fingerprint density at radius 1 is 1.11 bits per heavy atom. The van der Waals surface area contributed by atoms with Gasteiger partial charge >= 0.3 is 13.2 Å². The summed E-state index contributed by atoms with van der Waals surface area (Å²) < 4.78 is 23.5. The van der Waals surface area contributed by atoms with Crippen LogP contribution in [-0.4, -0.2) is 59.0 Å². The summed E-state index contributed by atoms with van der Waals surface area (Å²) in [5, 5.41) is 12.2. The van der Waals surface area contributed by atoms with Gasteiger partial charge in [-0.3, -0.25) is 10.1 Å². The van der Waals surface area contributed by atoms with E-state index in [-0.39, 0.29) is 34.7 Å². The first kappa shape index (κ1) is 27.3. The van der Waals surface area contributed by atoms with Gasteiger partial charge in [0, 0.05) is 29.2 Å². The fourth-order valence-electron chi connectivity index (χ4n) is 4.93. The summed E-state index contributed by atoms with van der Waals surface area (Å²) in [5.74, 6) is 0.360. The molecule has 2 aliphatic heterocycles. The van der Waals surface area contributed by atoms with Crippen LogP contribution in [0.3, 0.4) is 0 Å². The monoisotopic (exact) mass is 490 g/mol. The number of benzene rings is 1. The largest absolute Gasteiger partial charge is 0.498 e. The lowest BCUT2D eigenvalue weighted by Crippen LogP contribution is -2.51. The molecular formula is C25H39BN2O7. The Morgan fingerprint density at radius 2 is 1.63 bits per heavy atom. The molecule has 0 saturated carbocycles. The van der Waals surface area contributed by atoms with Crippen LogP contribution in [0.2, 0.25) is 0 Å². The van der Waals surface area contributed by atoms with Gasteiger partial charge in [-0.25, -0.2) is 4.79 Å². The van der Waals surface area contributed by atoms with Gasteiger partial charge in [0.05, 0.1) is 23.2 Å². The van der Waals surface area contributed by atoms with E-state index in [4.69, 9.17) is 18.8 Å². The maximum atomic E-state index is 12.8. The maximum Gasteiger partial charge on any atom is 0.498 e. The van der Waals surface area contributed by atoms with E-state index in [0.29, 0.717) is 29.6 Å². The van der Waals surface area contributed by atoms with Crippen molar-refractivity contribution in [2.45, 2.75) is 110 Å². The molecule has 2 fully saturated rings. The molecule has 9 nitrogen and oxygen atoms in total. The first-order valence-electron chi connectivity index (χ1n) is 12.2. The summed E-state index contributed by atoms with van der Waals surface area (Å²) in [4.78, 5) is 26.4. The molecule has 0 aromatic heterocycles. The fraction of sp³-hybridized carbons (Fsp3) is 0.720. The van der Waals surface area contributed by atoms with Crippen molar-refractivity contribution in [2.24, 2.45) is 0 Å². The lowest BCUT2D eigenvalue weighted by Gasteiger charge is -2.43. The lowest BCUT2D eigenvalue weighted by molar-refractivity contribution is -0.385. The SMILES string of the molecule is COc1cc(C2C[C@@H](C)N(C(=O)OC(C)(C)C)[C@@H](C)C2)c([N+](=O)[O-])cc1B1OC(C)(C)C(C)(C)O1. The van der Waals surface area contributed by atoms with Crippen LogP contribution >= 0.6 is 0 Å². The molecule has 10 heteroatoms. The number of piperidine rings is 1. The van der Waals surface area contributed by atoms with Gasteiger partial charge in [0.2, 0.25) is 0 Å². The predicted octanol–water partition coefficient (Wildman–Crippen LogP) is 4.79. The van der Waals surface area contributed by atoms with Crippen LogP contribution in [0.1, 0.15) is 86.6 Å². The molecule has 0 N–H and O–H groups in total. The summed E-state index contributed by atoms with van der Waals surface area (Å²) in [6, 6.07) is 2.97. The summed E-state index contributed by atoms with van der Waals surface area (Å²) in [5.41, 5.74) is -0.678. The van der Waals surface area contributed by atoms with Crippen LogP contribution in [0.4, 0.5) is 10.5 Å². The number of nitro groups is 1. The third kappa shape index (κ3) is 5.43. The normalized spacial score (nSPS) is 25.9. The molecule has 1 aromatic rings. The zero-order chi connectivity index (χ0) is 26.5. The first-order chi connectivity index (χ1) is 16.0. The summed E-state index contributed by atoms with van der Waals surface area (Å²) in [7, 11) is 0.755. The lowest BCUT2D eigenvalue weighted by atomic mass is 9.75. The molecule has 1 amide bonds. The van der Waals surface area contributed by atoms with Gasteiger partial charge in [-0.05, 0) is 87.1 Å². The van der Waals surface area contributed by atoms with Gasteiger partial charge in [-0.2, -0.15) is 0 Å². The van der Waals surface area contributed by atoms with Crippen LogP contribution in [0.5, 0.6) is 5.75 Å². The molecule has 2 aliphatic rings. The van der Waals surface area contributed by atoms with Crippen molar-refractivity contribution in [1.82, 2.24) is 4.90 Å². The minimum Gasteiger partial charge on any atom is -0.497 e. The number of nitro benzene ring substituents is 1. The molecule has 3 rings (SSSR count). The number of ether oxygens (including phenoxy) is 2. The highest BCUT2D eigenvalue weighted by Crippen LogP contribution is 2.42. The highest BCUT2D eigenvalue weighted by molar-refractivity contribution is 6.63. The van der Waals surface area contributed by atoms with Crippen LogP contribution in [-0.2, 0) is 14.0 Å². The minimum atomic E-state index is -0.783. The van der Waals surface area contributed by atoms with E-state index in [1.54, 1.807) is 11.0 Å². The Morgan fingerprint density at radius 3 is 2.06 bits per heavy atom. The number of likely N-dealkylation sites (tertiary alicyclic amines) is 1. The smallest absolute Gasteiger partial charge is 0.497 e. The molecule has 0 aliphatic carbocycles. The van der Waals surface area contributed by atoms with E-state index < -0.39 is 23.9 Å². The van der Waals surface area contributed by atoms with Gasteiger partial charge in [-0.1, -0.05) is 0 Å². The molecule has 0 spiro atoms. The standard InChI is InChI=1S/C25H39BN2O7/c1-15-11-17(12-16(2)27(15)22(29)33-23(3,4)5)18-13-21(32-10)19(14-20(18)28(30)31)26-34-24(6,7)25(8,9)35-26/h13-17H,11-12H2,1-10H3/t15-,16+,17?. The van der Waals surface area contributed by atoms with Crippen molar-refractivity contribution in [1.29, 1.82) is 0 Å². The van der Waals surface area contributed by atoms with Gasteiger partial charge in [-0.15, -0.1) is 0 Å². The quantitative estimate of drug-likeness (QED) is 0.340. The van der Waals surface area contributed by atoms with Crippen molar-refractivity contribution >= 4 is 24.4 Å². The third-order valence-electron chi connectivity index (χ3n) is 7.33. The van der Waals surface area contributed by atoms with Crippen LogP contribution < -0.4 is 10.2 Å². The number of hydrogen-bond acceptors (Lipinski definition) is 7. The van der Waals surface area contributed by atoms with Gasteiger partial charge in [0.15, 0.2) is 0 Å². The second kappa shape index (κ2) is 9.28. The number of hydrogen-bond donors (Lipinski definition) is 0. The number of carbonyl (C=O) groups excluding carboxylic acids is 1. The van der Waals surface area contributed by atoms with E-state index in [9.17, 15) is 14.9 Å². The average Bonchev–Trinajstić information content (AvgIpc) is 2.91. The van der Waals surface area contributed by atoms with Gasteiger partial charge < -0.3 is 23.7 Å². The maximum absolute atomic E-state index is 12.8. The van der Waals surface area contributed by atoms with Crippen molar-refractivity contribution in [3.63, 3.8) is 0 Å². The van der Waals surface area contributed by atoms with E-state index >= 15 is 0 Å². The summed E-state index contributed by atoms with van der Waals surface area (Å²) in [6.45, 7) is 17.2.